The second-order valence-electron chi connectivity index (χ2n) is 8.99. The van der Waals surface area contributed by atoms with Crippen molar-refractivity contribution < 1.29 is 18.7 Å². The maximum Gasteiger partial charge on any atom is 0.240 e. The number of hydrogen-bond acceptors (Lipinski definition) is 5. The number of benzene rings is 2. The molecule has 0 radical (unpaired) electrons. The van der Waals surface area contributed by atoms with Gasteiger partial charge >= 0.3 is 0 Å². The van der Waals surface area contributed by atoms with Crippen LogP contribution in [0.15, 0.2) is 47.4 Å². The predicted octanol–water partition coefficient (Wildman–Crippen LogP) is 3.82. The first kappa shape index (κ1) is 24.7. The molecule has 4 rings (SSSR count). The van der Waals surface area contributed by atoms with Crippen LogP contribution in [0.2, 0.25) is 0 Å². The Morgan fingerprint density at radius 3 is 2.51 bits per heavy atom. The summed E-state index contributed by atoms with van der Waals surface area (Å²) in [5.74, 6) is 0.201. The number of pyridine rings is 1. The lowest BCUT2D eigenvalue weighted by Crippen LogP contribution is -2.44. The number of nitrogens with zero attached hydrogens (tertiary/aromatic N) is 2. The Morgan fingerprint density at radius 2 is 1.86 bits per heavy atom. The third-order valence-electron chi connectivity index (χ3n) is 6.39. The molecule has 1 aromatic heterocycles. The Bertz CT molecular complexity index is 1250. The summed E-state index contributed by atoms with van der Waals surface area (Å²) in [6.45, 7) is 4.17. The maximum absolute atomic E-state index is 15.1. The second kappa shape index (κ2) is 10.9. The third-order valence-corrected chi connectivity index (χ3v) is 6.39. The number of nitrogens with one attached hydrogen (secondary N) is 1. The van der Waals surface area contributed by atoms with Gasteiger partial charge in [0.1, 0.15) is 23.9 Å². The zero-order valence-corrected chi connectivity index (χ0v) is 20.5. The number of methoxy groups -OCH3 is 1. The Hall–Kier alpha value is -3.39. The Labute approximate surface area is 204 Å². The van der Waals surface area contributed by atoms with Gasteiger partial charge in [0, 0.05) is 17.8 Å². The number of hydrogen-bond donors (Lipinski definition) is 1. The molecular formula is C27H32FN3O4. The quantitative estimate of drug-likeness (QED) is 0.530. The lowest BCUT2D eigenvalue weighted by atomic mass is 10.0. The van der Waals surface area contributed by atoms with Crippen LogP contribution in [0.4, 0.5) is 4.39 Å². The van der Waals surface area contributed by atoms with Crippen molar-refractivity contribution in [2.45, 2.75) is 38.8 Å². The standard InChI is InChI=1S/C27H32FN3O4/c1-4-15-35-23-10-9-22(28)25-26(23)31(17-24(32)29-19-11-13-30(2)14-12-19)16-21(27(25)33)18-5-7-20(34-3)8-6-18/h5-10,16,19H,4,11-15,17H2,1-3H3,(H,29,32). The van der Waals surface area contributed by atoms with E-state index in [2.05, 4.69) is 17.3 Å². The summed E-state index contributed by atoms with van der Waals surface area (Å²) in [4.78, 5) is 28.8. The number of carbonyl (C=O) groups is 1. The van der Waals surface area contributed by atoms with Gasteiger partial charge in [-0.05, 0) is 69.2 Å². The van der Waals surface area contributed by atoms with Crippen molar-refractivity contribution in [2.24, 2.45) is 0 Å². The van der Waals surface area contributed by atoms with Crippen LogP contribution in [0.5, 0.6) is 11.5 Å². The Balaban J connectivity index is 1.79. The summed E-state index contributed by atoms with van der Waals surface area (Å²) in [5.41, 5.74) is 0.760. The highest BCUT2D eigenvalue weighted by Crippen LogP contribution is 2.30. The van der Waals surface area contributed by atoms with Gasteiger partial charge in [-0.3, -0.25) is 9.59 Å². The smallest absolute Gasteiger partial charge is 0.240 e. The molecule has 3 aromatic rings. The van der Waals surface area contributed by atoms with Crippen molar-refractivity contribution in [1.82, 2.24) is 14.8 Å². The Kier molecular flexibility index (Phi) is 7.70. The van der Waals surface area contributed by atoms with Crippen LogP contribution in [0, 0.1) is 5.82 Å². The number of rotatable bonds is 8. The summed E-state index contributed by atoms with van der Waals surface area (Å²) in [7, 11) is 3.63. The van der Waals surface area contributed by atoms with Crippen LogP contribution in [-0.4, -0.2) is 55.3 Å². The van der Waals surface area contributed by atoms with Gasteiger partial charge in [-0.2, -0.15) is 0 Å². The summed E-state index contributed by atoms with van der Waals surface area (Å²) in [5, 5.41) is 3.02. The highest BCUT2D eigenvalue weighted by Gasteiger charge is 2.22. The first-order valence-electron chi connectivity index (χ1n) is 12.0. The van der Waals surface area contributed by atoms with Gasteiger partial charge in [-0.25, -0.2) is 4.39 Å². The van der Waals surface area contributed by atoms with Crippen LogP contribution in [0.3, 0.4) is 0 Å². The fourth-order valence-corrected chi connectivity index (χ4v) is 4.47. The fourth-order valence-electron chi connectivity index (χ4n) is 4.47. The highest BCUT2D eigenvalue weighted by atomic mass is 19.1. The van der Waals surface area contributed by atoms with Crippen molar-refractivity contribution >= 4 is 16.8 Å². The topological polar surface area (TPSA) is 72.8 Å². The van der Waals surface area contributed by atoms with Gasteiger partial charge in [0.25, 0.3) is 0 Å². The average molecular weight is 482 g/mol. The summed E-state index contributed by atoms with van der Waals surface area (Å²) in [6, 6.07) is 9.85. The molecule has 1 saturated heterocycles. The maximum atomic E-state index is 15.1. The molecule has 2 aromatic carbocycles. The van der Waals surface area contributed by atoms with Crippen molar-refractivity contribution in [3.05, 3.63) is 58.6 Å². The normalized spacial score (nSPS) is 14.7. The molecular weight excluding hydrogens is 449 g/mol. The molecule has 1 aliphatic heterocycles. The van der Waals surface area contributed by atoms with E-state index in [4.69, 9.17) is 9.47 Å². The van der Waals surface area contributed by atoms with E-state index in [0.29, 0.717) is 34.7 Å². The second-order valence-corrected chi connectivity index (χ2v) is 8.99. The molecule has 8 heteroatoms. The van der Waals surface area contributed by atoms with E-state index in [-0.39, 0.29) is 23.9 Å². The fraction of sp³-hybridized carbons (Fsp3) is 0.407. The number of ether oxygens (including phenoxy) is 2. The van der Waals surface area contributed by atoms with Gasteiger partial charge in [0.2, 0.25) is 5.91 Å². The van der Waals surface area contributed by atoms with Crippen LogP contribution in [-0.2, 0) is 11.3 Å². The molecule has 1 N–H and O–H groups in total. The van der Waals surface area contributed by atoms with Crippen molar-refractivity contribution in [2.75, 3.05) is 33.9 Å². The van der Waals surface area contributed by atoms with E-state index in [0.717, 1.165) is 32.4 Å². The van der Waals surface area contributed by atoms with E-state index in [1.165, 1.54) is 12.1 Å². The molecule has 0 saturated carbocycles. The molecule has 2 heterocycles. The van der Waals surface area contributed by atoms with Crippen LogP contribution in [0.1, 0.15) is 26.2 Å². The molecule has 0 aliphatic carbocycles. The first-order chi connectivity index (χ1) is 16.9. The van der Waals surface area contributed by atoms with Crippen molar-refractivity contribution in [3.8, 4) is 22.6 Å². The molecule has 0 bridgehead atoms. The largest absolute Gasteiger partial charge is 0.497 e. The zero-order chi connectivity index (χ0) is 24.9. The minimum atomic E-state index is -0.645. The molecule has 0 atom stereocenters. The van der Waals surface area contributed by atoms with Gasteiger partial charge in [-0.1, -0.05) is 19.1 Å². The predicted molar refractivity (Wildman–Crippen MR) is 135 cm³/mol. The lowest BCUT2D eigenvalue weighted by Gasteiger charge is -2.29. The average Bonchev–Trinajstić information content (AvgIpc) is 2.86. The number of halogens is 1. The summed E-state index contributed by atoms with van der Waals surface area (Å²) >= 11 is 0. The minimum absolute atomic E-state index is 0.0573. The van der Waals surface area contributed by atoms with E-state index in [1.54, 1.807) is 42.1 Å². The molecule has 35 heavy (non-hydrogen) atoms. The van der Waals surface area contributed by atoms with Crippen LogP contribution >= 0.6 is 0 Å². The zero-order valence-electron chi connectivity index (χ0n) is 20.5. The minimum Gasteiger partial charge on any atom is -0.497 e. The van der Waals surface area contributed by atoms with Crippen LogP contribution < -0.4 is 20.2 Å². The third kappa shape index (κ3) is 5.48. The first-order valence-corrected chi connectivity index (χ1v) is 12.0. The van der Waals surface area contributed by atoms with Gasteiger partial charge in [-0.15, -0.1) is 0 Å². The molecule has 7 nitrogen and oxygen atoms in total. The number of aromatic nitrogens is 1. The number of likely N-dealkylation sites (tertiary alicyclic amines) is 1. The molecule has 1 amide bonds. The number of piperidine rings is 1. The highest BCUT2D eigenvalue weighted by molar-refractivity contribution is 5.90. The lowest BCUT2D eigenvalue weighted by molar-refractivity contribution is -0.122. The Morgan fingerprint density at radius 1 is 1.14 bits per heavy atom. The molecule has 0 unspecified atom stereocenters. The van der Waals surface area contributed by atoms with E-state index in [1.807, 2.05) is 6.92 Å². The van der Waals surface area contributed by atoms with Crippen molar-refractivity contribution in [3.63, 3.8) is 0 Å². The molecule has 1 fully saturated rings. The van der Waals surface area contributed by atoms with Crippen LogP contribution in [0.25, 0.3) is 22.0 Å². The van der Waals surface area contributed by atoms with Gasteiger partial charge < -0.3 is 24.3 Å². The number of fused-ring (bicyclic) bond motifs is 1. The summed E-state index contributed by atoms with van der Waals surface area (Å²) in [6.07, 6.45) is 4.13. The van der Waals surface area contributed by atoms with Gasteiger partial charge in [0.15, 0.2) is 5.43 Å². The molecule has 1 aliphatic rings. The monoisotopic (exact) mass is 481 g/mol. The SMILES string of the molecule is CCCOc1ccc(F)c2c(=O)c(-c3ccc(OC)cc3)cn(CC(=O)NC3CCN(C)CC3)c12. The van der Waals surface area contributed by atoms with E-state index < -0.39 is 11.2 Å². The molecule has 0 spiro atoms. The van der Waals surface area contributed by atoms with Crippen molar-refractivity contribution in [1.29, 1.82) is 0 Å². The summed E-state index contributed by atoms with van der Waals surface area (Å²) < 4.78 is 27.8. The van der Waals surface area contributed by atoms with E-state index in [9.17, 15) is 9.59 Å². The van der Waals surface area contributed by atoms with E-state index >= 15 is 4.39 Å². The molecule has 186 valence electrons. The number of amides is 1. The number of carbonyl (C=O) groups excluding carboxylic acids is 1. The van der Waals surface area contributed by atoms with Gasteiger partial charge in [0.05, 0.1) is 24.6 Å².